The molecule has 120 valence electrons. The van der Waals surface area contributed by atoms with E-state index in [0.29, 0.717) is 0 Å². The summed E-state index contributed by atoms with van der Waals surface area (Å²) >= 11 is 0. The molecule has 0 bridgehead atoms. The van der Waals surface area contributed by atoms with Gasteiger partial charge < -0.3 is 34.2 Å². The van der Waals surface area contributed by atoms with Gasteiger partial charge in [0.15, 0.2) is 5.90 Å². The molecule has 1 aliphatic heterocycles. The van der Waals surface area contributed by atoms with Gasteiger partial charge in [0.1, 0.15) is 18.3 Å². The third-order valence-electron chi connectivity index (χ3n) is 2.86. The summed E-state index contributed by atoms with van der Waals surface area (Å²) in [6.07, 6.45) is -4.12. The first-order valence-corrected chi connectivity index (χ1v) is 9.51. The van der Waals surface area contributed by atoms with E-state index in [1.165, 1.54) is 0 Å². The minimum absolute atomic E-state index is 0.0827. The summed E-state index contributed by atoms with van der Waals surface area (Å²) in [7, 11) is -9.19. The Balaban J connectivity index is 2.58. The molecule has 1 fully saturated rings. The maximum atomic E-state index is 11.4. The van der Waals surface area contributed by atoms with Crippen LogP contribution in [0.5, 0.6) is 0 Å². The molecule has 5 atom stereocenters. The highest BCUT2D eigenvalue weighted by molar-refractivity contribution is 7.70. The van der Waals surface area contributed by atoms with Crippen molar-refractivity contribution in [3.05, 3.63) is 0 Å². The third-order valence-corrected chi connectivity index (χ3v) is 6.32. The Hall–Kier alpha value is 0.180. The second-order valence-corrected chi connectivity index (χ2v) is 9.10. The summed E-state index contributed by atoms with van der Waals surface area (Å²) in [6, 6.07) is 0. The Morgan fingerprint density at radius 1 is 1.15 bits per heavy atom. The van der Waals surface area contributed by atoms with Crippen molar-refractivity contribution in [3.8, 4) is 0 Å². The Morgan fingerprint density at radius 3 is 2.10 bits per heavy atom. The number of aliphatic hydroxyl groups is 2. The van der Waals surface area contributed by atoms with Gasteiger partial charge in [-0.25, -0.2) is 0 Å². The first kappa shape index (κ1) is 18.2. The molecule has 11 heteroatoms. The summed E-state index contributed by atoms with van der Waals surface area (Å²) in [5, 5.41) is 19.5. The fraction of sp³-hybridized carbons (Fsp3) is 1.00. The fourth-order valence-electron chi connectivity index (χ4n) is 1.93. The van der Waals surface area contributed by atoms with E-state index in [2.05, 4.69) is 4.52 Å². The van der Waals surface area contributed by atoms with Crippen LogP contribution in [-0.2, 0) is 18.4 Å². The van der Waals surface area contributed by atoms with Crippen LogP contribution in [0.1, 0.15) is 13.8 Å². The van der Waals surface area contributed by atoms with Crippen LogP contribution in [0.15, 0.2) is 0 Å². The molecule has 0 aromatic rings. The standard InChI is InChI=1S/C9H20O9P2/c1-5(2)9-8(11)7(10)6(18-9)3-17-20(15,16)4-19(12,13)14/h5-11H,3-4H2,1-2H3,(H,15,16)(H2,12,13,14)/t6-,7+,8?,9+/m1/s1. The van der Waals surface area contributed by atoms with Gasteiger partial charge in [-0.3, -0.25) is 9.13 Å². The lowest BCUT2D eigenvalue weighted by Gasteiger charge is -2.18. The Bertz CT molecular complexity index is 420. The van der Waals surface area contributed by atoms with Crippen LogP contribution in [0.25, 0.3) is 0 Å². The first-order chi connectivity index (χ1) is 8.93. The molecule has 0 aromatic carbocycles. The highest BCUT2D eigenvalue weighted by Gasteiger charge is 2.45. The van der Waals surface area contributed by atoms with Crippen molar-refractivity contribution in [1.29, 1.82) is 0 Å². The van der Waals surface area contributed by atoms with Crippen molar-refractivity contribution in [1.82, 2.24) is 0 Å². The molecule has 1 heterocycles. The second kappa shape index (κ2) is 6.52. The number of aliphatic hydroxyl groups excluding tert-OH is 2. The van der Waals surface area contributed by atoms with Crippen molar-refractivity contribution >= 4 is 15.2 Å². The van der Waals surface area contributed by atoms with Gasteiger partial charge in [0.25, 0.3) is 0 Å². The van der Waals surface area contributed by atoms with Gasteiger partial charge in [0.2, 0.25) is 0 Å². The zero-order valence-electron chi connectivity index (χ0n) is 11.1. The normalized spacial score (nSPS) is 34.4. The lowest BCUT2D eigenvalue weighted by atomic mass is 10.00. The lowest BCUT2D eigenvalue weighted by Crippen LogP contribution is -2.35. The summed E-state index contributed by atoms with van der Waals surface area (Å²) in [6.45, 7) is 3.00. The van der Waals surface area contributed by atoms with Gasteiger partial charge >= 0.3 is 15.2 Å². The molecular weight excluding hydrogens is 314 g/mol. The van der Waals surface area contributed by atoms with Crippen LogP contribution < -0.4 is 0 Å². The first-order valence-electron chi connectivity index (χ1n) is 5.95. The van der Waals surface area contributed by atoms with E-state index in [-0.39, 0.29) is 5.92 Å². The highest BCUT2D eigenvalue weighted by atomic mass is 31.2. The maximum absolute atomic E-state index is 11.4. The molecule has 1 aliphatic rings. The predicted molar refractivity (Wildman–Crippen MR) is 68.2 cm³/mol. The summed E-state index contributed by atoms with van der Waals surface area (Å²) in [5.74, 6) is -1.39. The minimum atomic E-state index is -4.69. The molecule has 2 unspecified atom stereocenters. The molecule has 0 radical (unpaired) electrons. The number of ether oxygens (including phenoxy) is 1. The van der Waals surface area contributed by atoms with Crippen molar-refractivity contribution in [2.45, 2.75) is 38.3 Å². The summed E-state index contributed by atoms with van der Waals surface area (Å²) < 4.78 is 32.0. The monoisotopic (exact) mass is 334 g/mol. The van der Waals surface area contributed by atoms with Crippen LogP contribution in [0.2, 0.25) is 0 Å². The van der Waals surface area contributed by atoms with Gasteiger partial charge in [0, 0.05) is 0 Å². The molecule has 5 N–H and O–H groups in total. The van der Waals surface area contributed by atoms with E-state index < -0.39 is 52.1 Å². The number of rotatable bonds is 6. The largest absolute Gasteiger partial charge is 0.388 e. The Labute approximate surface area is 116 Å². The molecule has 0 aromatic heterocycles. The molecule has 1 rings (SSSR count). The molecule has 0 saturated carbocycles. The van der Waals surface area contributed by atoms with E-state index in [9.17, 15) is 24.2 Å². The average molecular weight is 334 g/mol. The van der Waals surface area contributed by atoms with Gasteiger partial charge in [-0.1, -0.05) is 13.8 Å². The van der Waals surface area contributed by atoms with Gasteiger partial charge in [-0.2, -0.15) is 0 Å². The molecule has 20 heavy (non-hydrogen) atoms. The van der Waals surface area contributed by atoms with Gasteiger partial charge in [0.05, 0.1) is 12.7 Å². The van der Waals surface area contributed by atoms with Crippen molar-refractivity contribution in [3.63, 3.8) is 0 Å². The van der Waals surface area contributed by atoms with Gasteiger partial charge in [-0.15, -0.1) is 0 Å². The fourth-order valence-corrected chi connectivity index (χ4v) is 4.50. The van der Waals surface area contributed by atoms with E-state index >= 15 is 0 Å². The second-order valence-electron chi connectivity index (χ2n) is 5.10. The van der Waals surface area contributed by atoms with Crippen LogP contribution in [0.3, 0.4) is 0 Å². The average Bonchev–Trinajstić information content (AvgIpc) is 2.50. The highest BCUT2D eigenvalue weighted by Crippen LogP contribution is 2.55. The zero-order chi connectivity index (χ0) is 15.7. The van der Waals surface area contributed by atoms with Crippen molar-refractivity contribution in [2.75, 3.05) is 12.5 Å². The van der Waals surface area contributed by atoms with E-state index in [1.807, 2.05) is 0 Å². The lowest BCUT2D eigenvalue weighted by molar-refractivity contribution is -0.0337. The smallest absolute Gasteiger partial charge is 0.340 e. The number of hydrogen-bond donors (Lipinski definition) is 5. The maximum Gasteiger partial charge on any atom is 0.340 e. The Morgan fingerprint density at radius 2 is 1.70 bits per heavy atom. The van der Waals surface area contributed by atoms with Crippen LogP contribution in [0.4, 0.5) is 0 Å². The molecule has 0 aliphatic carbocycles. The SMILES string of the molecule is CC(C)[C@@H]1O[C@H](COP(=O)(O)CP(=O)(O)O)[C@H](O)C1O. The van der Waals surface area contributed by atoms with Crippen molar-refractivity contribution in [2.24, 2.45) is 5.92 Å². The van der Waals surface area contributed by atoms with Crippen LogP contribution in [0, 0.1) is 5.92 Å². The molecule has 1 saturated heterocycles. The Kier molecular flexibility index (Phi) is 5.94. The predicted octanol–water partition coefficient (Wildman–Crippen LogP) is -0.531. The topological polar surface area (TPSA) is 154 Å². The third kappa shape index (κ3) is 5.18. The van der Waals surface area contributed by atoms with E-state index in [4.69, 9.17) is 14.5 Å². The van der Waals surface area contributed by atoms with Gasteiger partial charge in [-0.05, 0) is 5.92 Å². The van der Waals surface area contributed by atoms with Crippen LogP contribution >= 0.6 is 15.2 Å². The molecule has 0 spiro atoms. The quantitative estimate of drug-likeness (QED) is 0.403. The van der Waals surface area contributed by atoms with Crippen LogP contribution in [-0.4, -0.2) is 61.8 Å². The molecule has 9 nitrogen and oxygen atoms in total. The molecular formula is C9H20O9P2. The molecule has 0 amide bonds. The summed E-state index contributed by atoms with van der Waals surface area (Å²) in [4.78, 5) is 26.5. The minimum Gasteiger partial charge on any atom is -0.388 e. The summed E-state index contributed by atoms with van der Waals surface area (Å²) in [5.41, 5.74) is 0. The van der Waals surface area contributed by atoms with E-state index in [1.54, 1.807) is 13.8 Å². The zero-order valence-corrected chi connectivity index (χ0v) is 12.9. The van der Waals surface area contributed by atoms with E-state index in [0.717, 1.165) is 0 Å². The number of hydrogen-bond acceptors (Lipinski definition) is 6. The van der Waals surface area contributed by atoms with Crippen molar-refractivity contribution < 1.29 is 43.3 Å².